The molecule has 7 heteroatoms. The summed E-state index contributed by atoms with van der Waals surface area (Å²) in [5.41, 5.74) is 0.563. The summed E-state index contributed by atoms with van der Waals surface area (Å²) in [6, 6.07) is 3.71. The monoisotopic (exact) mass is 310 g/mol. The van der Waals surface area contributed by atoms with Crippen LogP contribution in [0.1, 0.15) is 25.5 Å². The van der Waals surface area contributed by atoms with E-state index in [2.05, 4.69) is 5.32 Å². The third kappa shape index (κ3) is 2.85. The van der Waals surface area contributed by atoms with Gasteiger partial charge in [-0.15, -0.1) is 0 Å². The van der Waals surface area contributed by atoms with Crippen molar-refractivity contribution in [2.75, 3.05) is 0 Å². The Morgan fingerprint density at radius 3 is 2.33 bits per heavy atom. The molecular formula is C14H15ClN2O4. The molecule has 2 rings (SSSR count). The van der Waals surface area contributed by atoms with Crippen molar-refractivity contribution in [3.8, 4) is 0 Å². The Bertz CT molecular complexity index is 585. The van der Waals surface area contributed by atoms with Crippen LogP contribution in [0, 0.1) is 5.92 Å². The molecule has 1 aliphatic heterocycles. The predicted molar refractivity (Wildman–Crippen MR) is 75.8 cm³/mol. The van der Waals surface area contributed by atoms with Crippen LogP contribution in [0.2, 0.25) is 5.02 Å². The van der Waals surface area contributed by atoms with Gasteiger partial charge in [0.1, 0.15) is 12.1 Å². The Labute approximate surface area is 126 Å². The zero-order chi connectivity index (χ0) is 15.7. The summed E-state index contributed by atoms with van der Waals surface area (Å²) in [6.45, 7) is 3.30. The highest BCUT2D eigenvalue weighted by atomic mass is 35.5. The van der Waals surface area contributed by atoms with Crippen LogP contribution in [0.3, 0.4) is 0 Å². The highest BCUT2D eigenvalue weighted by Crippen LogP contribution is 2.26. The van der Waals surface area contributed by atoms with Crippen molar-refractivity contribution in [2.24, 2.45) is 5.92 Å². The zero-order valence-corrected chi connectivity index (χ0v) is 12.3. The van der Waals surface area contributed by atoms with Gasteiger partial charge >= 0.3 is 12.0 Å². The molecule has 0 aromatic heterocycles. The topological polar surface area (TPSA) is 86.7 Å². The molecule has 1 heterocycles. The van der Waals surface area contributed by atoms with E-state index in [1.807, 2.05) is 0 Å². The number of carbonyl (C=O) groups is 3. The van der Waals surface area contributed by atoms with E-state index in [-0.39, 0.29) is 5.92 Å². The summed E-state index contributed by atoms with van der Waals surface area (Å²) in [6.07, 6.45) is 0. The maximum absolute atomic E-state index is 12.4. The molecule has 2 atom stereocenters. The van der Waals surface area contributed by atoms with Gasteiger partial charge in [-0.1, -0.05) is 37.6 Å². The normalized spacial score (nSPS) is 19.8. The van der Waals surface area contributed by atoms with Crippen LogP contribution in [-0.2, 0) is 9.59 Å². The average Bonchev–Trinajstić information content (AvgIpc) is 2.67. The van der Waals surface area contributed by atoms with Gasteiger partial charge in [0, 0.05) is 5.02 Å². The van der Waals surface area contributed by atoms with Gasteiger partial charge in [-0.3, -0.25) is 4.79 Å². The maximum atomic E-state index is 12.4. The number of carbonyl (C=O) groups excluding carboxylic acids is 2. The number of nitrogens with zero attached hydrogens (tertiary/aromatic N) is 1. The number of rotatable bonds is 4. The van der Waals surface area contributed by atoms with E-state index in [1.54, 1.807) is 38.1 Å². The molecular weight excluding hydrogens is 296 g/mol. The first-order chi connectivity index (χ1) is 9.82. The van der Waals surface area contributed by atoms with Crippen LogP contribution in [0.25, 0.3) is 0 Å². The van der Waals surface area contributed by atoms with Crippen molar-refractivity contribution in [3.05, 3.63) is 34.9 Å². The van der Waals surface area contributed by atoms with Crippen molar-refractivity contribution in [1.82, 2.24) is 10.2 Å². The number of urea groups is 1. The summed E-state index contributed by atoms with van der Waals surface area (Å²) in [5, 5.41) is 12.3. The molecule has 1 aromatic rings. The van der Waals surface area contributed by atoms with Gasteiger partial charge < -0.3 is 10.4 Å². The van der Waals surface area contributed by atoms with Crippen LogP contribution >= 0.6 is 11.6 Å². The maximum Gasteiger partial charge on any atom is 0.327 e. The molecule has 112 valence electrons. The lowest BCUT2D eigenvalue weighted by Crippen LogP contribution is -2.48. The number of nitrogens with one attached hydrogen (secondary N) is 1. The highest BCUT2D eigenvalue weighted by molar-refractivity contribution is 6.30. The minimum Gasteiger partial charge on any atom is -0.480 e. The third-order valence-electron chi connectivity index (χ3n) is 3.34. The number of hydrogen-bond donors (Lipinski definition) is 2. The van der Waals surface area contributed by atoms with E-state index in [1.165, 1.54) is 0 Å². The van der Waals surface area contributed by atoms with E-state index in [0.29, 0.717) is 10.6 Å². The van der Waals surface area contributed by atoms with E-state index in [9.17, 15) is 19.5 Å². The second-order valence-electron chi connectivity index (χ2n) is 5.17. The van der Waals surface area contributed by atoms with Gasteiger partial charge in [-0.05, 0) is 23.6 Å². The summed E-state index contributed by atoms with van der Waals surface area (Å²) in [5.74, 6) is -2.16. The fourth-order valence-corrected chi connectivity index (χ4v) is 2.46. The molecule has 1 saturated heterocycles. The van der Waals surface area contributed by atoms with Crippen molar-refractivity contribution in [3.63, 3.8) is 0 Å². The Kier molecular flexibility index (Phi) is 4.18. The first kappa shape index (κ1) is 15.3. The fraction of sp³-hybridized carbons (Fsp3) is 0.357. The smallest absolute Gasteiger partial charge is 0.327 e. The molecule has 2 N–H and O–H groups in total. The summed E-state index contributed by atoms with van der Waals surface area (Å²) < 4.78 is 0. The minimum absolute atomic E-state index is 0.388. The quantitative estimate of drug-likeness (QED) is 0.833. The lowest BCUT2D eigenvalue weighted by atomic mass is 10.0. The summed E-state index contributed by atoms with van der Waals surface area (Å²) in [4.78, 5) is 36.5. The van der Waals surface area contributed by atoms with Gasteiger partial charge in [0.15, 0.2) is 0 Å². The molecule has 0 radical (unpaired) electrons. The van der Waals surface area contributed by atoms with Crippen LogP contribution in [0.4, 0.5) is 4.79 Å². The van der Waals surface area contributed by atoms with Gasteiger partial charge in [0.2, 0.25) is 0 Å². The van der Waals surface area contributed by atoms with Crippen molar-refractivity contribution < 1.29 is 19.5 Å². The van der Waals surface area contributed by atoms with Gasteiger partial charge in [-0.25, -0.2) is 14.5 Å². The molecule has 3 amide bonds. The van der Waals surface area contributed by atoms with E-state index in [0.717, 1.165) is 4.90 Å². The van der Waals surface area contributed by atoms with E-state index < -0.39 is 30.0 Å². The number of amides is 3. The SMILES string of the molecule is CC(C)C(C(=O)O)N1C(=O)NC(c2ccc(Cl)cc2)C1=O. The van der Waals surface area contributed by atoms with Crippen LogP contribution in [-0.4, -0.2) is 34.0 Å². The molecule has 2 unspecified atom stereocenters. The first-order valence-corrected chi connectivity index (χ1v) is 6.82. The van der Waals surface area contributed by atoms with E-state index >= 15 is 0 Å². The predicted octanol–water partition coefficient (Wildman–Crippen LogP) is 2.04. The van der Waals surface area contributed by atoms with Gasteiger partial charge in [0.25, 0.3) is 5.91 Å². The highest BCUT2D eigenvalue weighted by Gasteiger charge is 2.46. The molecule has 0 saturated carbocycles. The number of benzene rings is 1. The lowest BCUT2D eigenvalue weighted by molar-refractivity contribution is -0.148. The molecule has 6 nitrogen and oxygen atoms in total. The van der Waals surface area contributed by atoms with Crippen LogP contribution in [0.5, 0.6) is 0 Å². The van der Waals surface area contributed by atoms with Gasteiger partial charge in [-0.2, -0.15) is 0 Å². The molecule has 1 fully saturated rings. The lowest BCUT2D eigenvalue weighted by Gasteiger charge is -2.24. The Morgan fingerprint density at radius 1 is 1.29 bits per heavy atom. The number of halogens is 1. The van der Waals surface area contributed by atoms with Crippen LogP contribution in [0.15, 0.2) is 24.3 Å². The first-order valence-electron chi connectivity index (χ1n) is 6.44. The molecule has 0 bridgehead atoms. The zero-order valence-electron chi connectivity index (χ0n) is 11.5. The third-order valence-corrected chi connectivity index (χ3v) is 3.59. The summed E-state index contributed by atoms with van der Waals surface area (Å²) in [7, 11) is 0. The van der Waals surface area contributed by atoms with Crippen molar-refractivity contribution in [1.29, 1.82) is 0 Å². The standard InChI is InChI=1S/C14H15ClN2O4/c1-7(2)11(13(19)20)17-12(18)10(16-14(17)21)8-3-5-9(15)6-4-8/h3-7,10-11H,1-2H3,(H,16,21)(H,19,20). The minimum atomic E-state index is -1.20. The number of aliphatic carboxylic acids is 1. The second-order valence-corrected chi connectivity index (χ2v) is 5.61. The molecule has 0 aliphatic carbocycles. The molecule has 1 aliphatic rings. The summed E-state index contributed by atoms with van der Waals surface area (Å²) >= 11 is 5.79. The number of imide groups is 1. The average molecular weight is 311 g/mol. The van der Waals surface area contributed by atoms with Crippen molar-refractivity contribution in [2.45, 2.75) is 25.9 Å². The Morgan fingerprint density at radius 2 is 1.86 bits per heavy atom. The largest absolute Gasteiger partial charge is 0.480 e. The Balaban J connectivity index is 2.31. The van der Waals surface area contributed by atoms with E-state index in [4.69, 9.17) is 11.6 Å². The number of carboxylic acid groups (broad SMARTS) is 1. The number of hydrogen-bond acceptors (Lipinski definition) is 3. The van der Waals surface area contributed by atoms with Crippen molar-refractivity contribution >= 4 is 29.5 Å². The second kappa shape index (κ2) is 5.73. The molecule has 1 aromatic carbocycles. The Hall–Kier alpha value is -2.08. The molecule has 21 heavy (non-hydrogen) atoms. The van der Waals surface area contributed by atoms with Crippen LogP contribution < -0.4 is 5.32 Å². The number of carboxylic acids is 1. The fourth-order valence-electron chi connectivity index (χ4n) is 2.33. The molecule has 0 spiro atoms. The van der Waals surface area contributed by atoms with Gasteiger partial charge in [0.05, 0.1) is 0 Å².